The number of hydrogen-bond acceptors (Lipinski definition) is 8. The molecule has 11 heteroatoms. The van der Waals surface area contributed by atoms with Crippen molar-refractivity contribution in [2.45, 2.75) is 19.4 Å². The number of phenolic OH excluding ortho intramolecular Hbond substituents is 1. The average molecular weight is 557 g/mol. The third-order valence-corrected chi connectivity index (χ3v) is 6.06. The van der Waals surface area contributed by atoms with Crippen LogP contribution in [0.15, 0.2) is 36.4 Å². The number of likely N-dealkylation sites (N-methyl/N-ethyl adjacent to an activating group) is 1. The molecule has 2 N–H and O–H groups in total. The van der Waals surface area contributed by atoms with Crippen LogP contribution in [0.25, 0.3) is 0 Å². The van der Waals surface area contributed by atoms with Gasteiger partial charge in [-0.1, -0.05) is 60.5 Å². The van der Waals surface area contributed by atoms with E-state index < -0.39 is 23.7 Å². The molecule has 0 saturated heterocycles. The fourth-order valence-corrected chi connectivity index (χ4v) is 3.75. The number of benzene rings is 2. The number of carbonyl (C=O) groups excluding carboxylic acids is 2. The maximum atomic E-state index is 13.1. The van der Waals surface area contributed by atoms with Crippen LogP contribution in [-0.4, -0.2) is 88.2 Å². The van der Waals surface area contributed by atoms with Gasteiger partial charge in [0.2, 0.25) is 0 Å². The van der Waals surface area contributed by atoms with E-state index in [9.17, 15) is 14.7 Å². The van der Waals surface area contributed by atoms with Gasteiger partial charge in [-0.15, -0.1) is 0 Å². The van der Waals surface area contributed by atoms with Crippen molar-refractivity contribution in [3.63, 3.8) is 0 Å². The van der Waals surface area contributed by atoms with Crippen LogP contribution in [0, 0.1) is 0 Å². The summed E-state index contributed by atoms with van der Waals surface area (Å²) in [5, 5.41) is 13.1. The highest BCUT2D eigenvalue weighted by atomic mass is 35.5. The quantitative estimate of drug-likeness (QED) is 0.238. The Kier molecular flexibility index (Phi) is 13.5. The summed E-state index contributed by atoms with van der Waals surface area (Å²) in [6, 6.07) is 9.37. The van der Waals surface area contributed by atoms with Gasteiger partial charge in [0.15, 0.2) is 11.5 Å². The van der Waals surface area contributed by atoms with Crippen LogP contribution in [0.1, 0.15) is 22.8 Å². The number of halogens is 2. The first kappa shape index (κ1) is 30.7. The molecule has 0 fully saturated rings. The van der Waals surface area contributed by atoms with E-state index >= 15 is 0 Å². The van der Waals surface area contributed by atoms with Crippen LogP contribution < -0.4 is 10.1 Å². The minimum absolute atomic E-state index is 0.00582. The second kappa shape index (κ2) is 16.3. The van der Waals surface area contributed by atoms with E-state index in [0.717, 1.165) is 12.1 Å². The molecule has 1 atom stereocenters. The molecule has 0 heterocycles. The first-order valence-electron chi connectivity index (χ1n) is 11.9. The summed E-state index contributed by atoms with van der Waals surface area (Å²) in [6.07, 6.45) is 0.171. The van der Waals surface area contributed by atoms with Crippen LogP contribution >= 0.6 is 23.2 Å². The Morgan fingerprint density at radius 3 is 2.46 bits per heavy atom. The zero-order chi connectivity index (χ0) is 27.2. The number of rotatable bonds is 16. The van der Waals surface area contributed by atoms with E-state index in [0.29, 0.717) is 19.8 Å². The van der Waals surface area contributed by atoms with Crippen molar-refractivity contribution in [2.24, 2.45) is 0 Å². The standard InChI is InChI=1S/C26H34Cl2N2O7/c1-4-30(2)10-11-36-24-20(27)17-19(23(31)22(24)28)25(32)29-21(16-18-8-6-5-7-9-18)26(33)37-15-14-35-13-12-34-3/h5-9,17,21,31H,4,10-16H2,1-3H3,(H,29,32)/t21-/m0/s1. The number of carbonyl (C=O) groups is 2. The van der Waals surface area contributed by atoms with Crippen LogP contribution in [0.2, 0.25) is 10.0 Å². The molecule has 0 aliphatic carbocycles. The molecule has 0 spiro atoms. The molecule has 9 nitrogen and oxygen atoms in total. The molecule has 2 aromatic carbocycles. The Bertz CT molecular complexity index is 1010. The largest absolute Gasteiger partial charge is 0.505 e. The molecule has 2 aromatic rings. The molecule has 0 aliphatic rings. The second-order valence-electron chi connectivity index (χ2n) is 8.13. The third kappa shape index (κ3) is 10.0. The minimum atomic E-state index is -1.04. The SMILES string of the molecule is CCN(C)CCOc1c(Cl)cc(C(=O)N[C@@H](Cc2ccccc2)C(=O)OCCOCCOC)c(O)c1Cl. The highest BCUT2D eigenvalue weighted by molar-refractivity contribution is 6.39. The zero-order valence-electron chi connectivity index (χ0n) is 21.3. The van der Waals surface area contributed by atoms with Gasteiger partial charge in [0.1, 0.15) is 24.3 Å². The summed E-state index contributed by atoms with van der Waals surface area (Å²) in [4.78, 5) is 27.9. The van der Waals surface area contributed by atoms with Gasteiger partial charge in [-0.2, -0.15) is 0 Å². The van der Waals surface area contributed by atoms with Crippen LogP contribution in [0.3, 0.4) is 0 Å². The van der Waals surface area contributed by atoms with Crippen molar-refractivity contribution in [3.8, 4) is 11.5 Å². The summed E-state index contributed by atoms with van der Waals surface area (Å²) in [5.74, 6) is -1.81. The van der Waals surface area contributed by atoms with Crippen LogP contribution in [0.5, 0.6) is 11.5 Å². The topological polar surface area (TPSA) is 107 Å². The number of hydrogen-bond donors (Lipinski definition) is 2. The molecule has 0 radical (unpaired) electrons. The first-order valence-corrected chi connectivity index (χ1v) is 12.6. The number of ether oxygens (including phenoxy) is 4. The number of methoxy groups -OCH3 is 1. The zero-order valence-corrected chi connectivity index (χ0v) is 22.8. The smallest absolute Gasteiger partial charge is 0.329 e. The molecule has 0 aromatic heterocycles. The van der Waals surface area contributed by atoms with E-state index in [4.69, 9.17) is 42.1 Å². The highest BCUT2D eigenvalue weighted by Gasteiger charge is 2.27. The summed E-state index contributed by atoms with van der Waals surface area (Å²) in [5.41, 5.74) is 0.615. The monoisotopic (exact) mass is 556 g/mol. The molecule has 0 bridgehead atoms. The van der Waals surface area contributed by atoms with Crippen molar-refractivity contribution in [3.05, 3.63) is 57.6 Å². The van der Waals surface area contributed by atoms with Gasteiger partial charge in [-0.3, -0.25) is 4.79 Å². The summed E-state index contributed by atoms with van der Waals surface area (Å²) >= 11 is 12.6. The summed E-state index contributed by atoms with van der Waals surface area (Å²) in [6.45, 7) is 4.73. The fourth-order valence-electron chi connectivity index (χ4n) is 3.18. The highest BCUT2D eigenvalue weighted by Crippen LogP contribution is 2.42. The van der Waals surface area contributed by atoms with E-state index in [2.05, 4.69) is 5.32 Å². The molecule has 2 rings (SSSR count). The number of amides is 1. The molecular weight excluding hydrogens is 523 g/mol. The number of nitrogens with zero attached hydrogens (tertiary/aromatic N) is 1. The predicted octanol–water partition coefficient (Wildman–Crippen LogP) is 3.58. The van der Waals surface area contributed by atoms with Crippen molar-refractivity contribution in [1.29, 1.82) is 0 Å². The lowest BCUT2D eigenvalue weighted by Crippen LogP contribution is -2.43. The van der Waals surface area contributed by atoms with Crippen molar-refractivity contribution in [1.82, 2.24) is 10.2 Å². The summed E-state index contributed by atoms with van der Waals surface area (Å²) < 4.78 is 21.2. The molecular formula is C26H34Cl2N2O7. The van der Waals surface area contributed by atoms with Gasteiger partial charge in [0, 0.05) is 20.1 Å². The number of aromatic hydroxyl groups is 1. The first-order chi connectivity index (χ1) is 17.8. The van der Waals surface area contributed by atoms with Gasteiger partial charge in [-0.25, -0.2) is 4.79 Å². The van der Waals surface area contributed by atoms with Crippen LogP contribution in [-0.2, 0) is 25.4 Å². The Balaban J connectivity index is 2.13. The average Bonchev–Trinajstić information content (AvgIpc) is 2.89. The van der Waals surface area contributed by atoms with Crippen molar-refractivity contribution >= 4 is 35.1 Å². The molecule has 37 heavy (non-hydrogen) atoms. The normalized spacial score (nSPS) is 11.8. The molecule has 0 saturated carbocycles. The van der Waals surface area contributed by atoms with Crippen molar-refractivity contribution in [2.75, 3.05) is 60.3 Å². The third-order valence-electron chi connectivity index (χ3n) is 5.43. The Labute approximate surface area is 227 Å². The van der Waals surface area contributed by atoms with E-state index in [1.807, 2.05) is 49.2 Å². The van der Waals surface area contributed by atoms with Gasteiger partial charge < -0.3 is 34.3 Å². The summed E-state index contributed by atoms with van der Waals surface area (Å²) in [7, 11) is 3.49. The number of phenols is 1. The van der Waals surface area contributed by atoms with Gasteiger partial charge >= 0.3 is 5.97 Å². The number of nitrogens with one attached hydrogen (secondary N) is 1. The van der Waals surface area contributed by atoms with E-state index in [1.165, 1.54) is 6.07 Å². The second-order valence-corrected chi connectivity index (χ2v) is 8.92. The molecule has 1 amide bonds. The van der Waals surface area contributed by atoms with Gasteiger partial charge in [0.25, 0.3) is 5.91 Å². The fraction of sp³-hybridized carbons (Fsp3) is 0.462. The Hall–Kier alpha value is -2.56. The lowest BCUT2D eigenvalue weighted by Gasteiger charge is -2.20. The number of esters is 1. The van der Waals surface area contributed by atoms with E-state index in [-0.39, 0.29) is 47.6 Å². The maximum absolute atomic E-state index is 13.1. The van der Waals surface area contributed by atoms with Crippen LogP contribution in [0.4, 0.5) is 0 Å². The van der Waals surface area contributed by atoms with E-state index in [1.54, 1.807) is 7.11 Å². The van der Waals surface area contributed by atoms with Gasteiger partial charge in [-0.05, 0) is 25.2 Å². The molecule has 0 unspecified atom stereocenters. The lowest BCUT2D eigenvalue weighted by molar-refractivity contribution is -0.147. The Morgan fingerprint density at radius 2 is 1.78 bits per heavy atom. The maximum Gasteiger partial charge on any atom is 0.329 e. The lowest BCUT2D eigenvalue weighted by atomic mass is 10.1. The van der Waals surface area contributed by atoms with Gasteiger partial charge in [0.05, 0.1) is 30.4 Å². The molecule has 204 valence electrons. The predicted molar refractivity (Wildman–Crippen MR) is 142 cm³/mol. The molecule has 0 aliphatic heterocycles. The minimum Gasteiger partial charge on any atom is -0.505 e. The Morgan fingerprint density at radius 1 is 1.08 bits per heavy atom. The van der Waals surface area contributed by atoms with Crippen molar-refractivity contribution < 1.29 is 33.6 Å².